The molecule has 0 bridgehead atoms. The molecule has 0 unspecified atom stereocenters. The molecule has 6 heteroatoms. The maximum atomic E-state index is 13.2. The van der Waals surface area contributed by atoms with Gasteiger partial charge in [-0.3, -0.25) is 9.69 Å². The van der Waals surface area contributed by atoms with Crippen molar-refractivity contribution >= 4 is 5.91 Å². The van der Waals surface area contributed by atoms with Crippen LogP contribution in [0.15, 0.2) is 72.8 Å². The van der Waals surface area contributed by atoms with Gasteiger partial charge in [0.25, 0.3) is 0 Å². The number of benzene rings is 3. The van der Waals surface area contributed by atoms with E-state index in [0.29, 0.717) is 19.6 Å². The number of para-hydroxylation sites is 1. The fourth-order valence-corrected chi connectivity index (χ4v) is 5.05. The van der Waals surface area contributed by atoms with E-state index in [0.717, 1.165) is 47.6 Å². The molecule has 0 aliphatic carbocycles. The summed E-state index contributed by atoms with van der Waals surface area (Å²) in [7, 11) is 5.00. The minimum atomic E-state index is -0.0601. The molecule has 0 radical (unpaired) electrons. The van der Waals surface area contributed by atoms with Crippen molar-refractivity contribution in [3.63, 3.8) is 0 Å². The number of amides is 1. The van der Waals surface area contributed by atoms with Gasteiger partial charge in [0.05, 0.1) is 27.2 Å². The molecule has 0 aromatic heterocycles. The summed E-state index contributed by atoms with van der Waals surface area (Å²) in [4.78, 5) is 15.6. The fourth-order valence-electron chi connectivity index (χ4n) is 5.05. The Kier molecular flexibility index (Phi) is 8.85. The van der Waals surface area contributed by atoms with E-state index >= 15 is 0 Å². The Hall–Kier alpha value is -3.51. The van der Waals surface area contributed by atoms with E-state index < -0.39 is 0 Å². The number of methoxy groups -OCH3 is 3. The first-order valence-corrected chi connectivity index (χ1v) is 12.5. The van der Waals surface area contributed by atoms with Crippen LogP contribution in [-0.4, -0.2) is 45.2 Å². The van der Waals surface area contributed by atoms with Gasteiger partial charge in [-0.15, -0.1) is 0 Å². The van der Waals surface area contributed by atoms with Crippen LogP contribution in [0.4, 0.5) is 0 Å². The highest BCUT2D eigenvalue weighted by atomic mass is 16.5. The van der Waals surface area contributed by atoms with Crippen LogP contribution < -0.4 is 19.5 Å². The van der Waals surface area contributed by atoms with Gasteiger partial charge in [-0.05, 0) is 54.2 Å². The second-order valence-corrected chi connectivity index (χ2v) is 9.20. The molecule has 36 heavy (non-hydrogen) atoms. The lowest BCUT2D eigenvalue weighted by molar-refractivity contribution is -0.127. The third-order valence-corrected chi connectivity index (χ3v) is 6.92. The lowest BCUT2D eigenvalue weighted by Crippen LogP contribution is -2.44. The number of piperidine rings is 1. The molecule has 2 atom stereocenters. The van der Waals surface area contributed by atoms with Crippen molar-refractivity contribution in [2.45, 2.75) is 31.8 Å². The monoisotopic (exact) mass is 488 g/mol. The molecule has 0 saturated carbocycles. The molecule has 1 aliphatic heterocycles. The highest BCUT2D eigenvalue weighted by Gasteiger charge is 2.33. The van der Waals surface area contributed by atoms with Crippen LogP contribution in [0.25, 0.3) is 0 Å². The van der Waals surface area contributed by atoms with Crippen molar-refractivity contribution < 1.29 is 19.0 Å². The molecule has 1 amide bonds. The van der Waals surface area contributed by atoms with E-state index in [1.165, 1.54) is 5.56 Å². The number of rotatable bonds is 10. The van der Waals surface area contributed by atoms with Crippen LogP contribution in [-0.2, 0) is 17.8 Å². The topological polar surface area (TPSA) is 60.0 Å². The first kappa shape index (κ1) is 25.6. The smallest absolute Gasteiger partial charge is 0.224 e. The summed E-state index contributed by atoms with van der Waals surface area (Å²) < 4.78 is 16.4. The average molecular weight is 489 g/mol. The second-order valence-electron chi connectivity index (χ2n) is 9.20. The summed E-state index contributed by atoms with van der Waals surface area (Å²) in [5.41, 5.74) is 3.48. The maximum Gasteiger partial charge on any atom is 0.224 e. The van der Waals surface area contributed by atoms with Crippen LogP contribution in [0.2, 0.25) is 0 Å². The van der Waals surface area contributed by atoms with Gasteiger partial charge in [0, 0.05) is 31.7 Å². The molecule has 6 nitrogen and oxygen atoms in total. The minimum absolute atomic E-state index is 0.0601. The standard InChI is InChI=1S/C30H36N2O4/c1-34-26-17-22(18-27(19-26)35-2)20-32-21-25(13-14-28(32)23-9-5-4-6-10-23)30(33)31-16-15-24-11-7-8-12-29(24)36-3/h4-12,17-19,25,28H,13-16,20-21H2,1-3H3,(H,31,33)/t25-,28-/m0/s1. The Labute approximate surface area is 214 Å². The zero-order valence-corrected chi connectivity index (χ0v) is 21.4. The van der Waals surface area contributed by atoms with Crippen LogP contribution in [0, 0.1) is 5.92 Å². The van der Waals surface area contributed by atoms with E-state index in [1.54, 1.807) is 21.3 Å². The molecule has 1 fully saturated rings. The molecular formula is C30H36N2O4. The van der Waals surface area contributed by atoms with Gasteiger partial charge in [-0.2, -0.15) is 0 Å². The van der Waals surface area contributed by atoms with Crippen molar-refractivity contribution in [2.24, 2.45) is 5.92 Å². The number of likely N-dealkylation sites (tertiary alicyclic amines) is 1. The van der Waals surface area contributed by atoms with Crippen LogP contribution in [0.5, 0.6) is 17.2 Å². The zero-order valence-electron chi connectivity index (χ0n) is 21.4. The molecule has 190 valence electrons. The lowest BCUT2D eigenvalue weighted by Gasteiger charge is -2.39. The van der Waals surface area contributed by atoms with Gasteiger partial charge >= 0.3 is 0 Å². The van der Waals surface area contributed by atoms with E-state index in [4.69, 9.17) is 14.2 Å². The molecule has 3 aromatic carbocycles. The number of nitrogens with one attached hydrogen (secondary N) is 1. The fraction of sp³-hybridized carbons (Fsp3) is 0.367. The van der Waals surface area contributed by atoms with Crippen LogP contribution >= 0.6 is 0 Å². The first-order chi connectivity index (χ1) is 17.6. The van der Waals surface area contributed by atoms with Crippen LogP contribution in [0.1, 0.15) is 35.6 Å². The predicted octanol–water partition coefficient (Wildman–Crippen LogP) is 5.02. The second kappa shape index (κ2) is 12.5. The Bertz CT molecular complexity index is 1110. The predicted molar refractivity (Wildman–Crippen MR) is 142 cm³/mol. The molecule has 1 saturated heterocycles. The number of carbonyl (C=O) groups excluding carboxylic acids is 1. The van der Waals surface area contributed by atoms with Gasteiger partial charge in [0.15, 0.2) is 0 Å². The third-order valence-electron chi connectivity index (χ3n) is 6.92. The summed E-state index contributed by atoms with van der Waals surface area (Å²) in [6.07, 6.45) is 2.52. The van der Waals surface area contributed by atoms with Crippen molar-refractivity contribution in [3.8, 4) is 17.2 Å². The van der Waals surface area contributed by atoms with Gasteiger partial charge in [-0.1, -0.05) is 48.5 Å². The van der Waals surface area contributed by atoms with Crippen molar-refractivity contribution in [2.75, 3.05) is 34.4 Å². The molecule has 1 heterocycles. The summed E-state index contributed by atoms with van der Waals surface area (Å²) in [5, 5.41) is 3.17. The Morgan fingerprint density at radius 2 is 1.58 bits per heavy atom. The number of carbonyl (C=O) groups is 1. The molecule has 1 aliphatic rings. The highest BCUT2D eigenvalue weighted by molar-refractivity contribution is 5.79. The lowest BCUT2D eigenvalue weighted by atomic mass is 9.88. The highest BCUT2D eigenvalue weighted by Crippen LogP contribution is 2.35. The van der Waals surface area contributed by atoms with Crippen molar-refractivity contribution in [1.82, 2.24) is 10.2 Å². The summed E-state index contributed by atoms with van der Waals surface area (Å²) in [6, 6.07) is 24.7. The molecule has 4 rings (SSSR count). The van der Waals surface area contributed by atoms with E-state index in [2.05, 4.69) is 34.5 Å². The minimum Gasteiger partial charge on any atom is -0.497 e. The quantitative estimate of drug-likeness (QED) is 0.434. The first-order valence-electron chi connectivity index (χ1n) is 12.5. The van der Waals surface area contributed by atoms with Crippen LogP contribution in [0.3, 0.4) is 0 Å². The normalized spacial score (nSPS) is 17.9. The number of nitrogens with zero attached hydrogens (tertiary/aromatic N) is 1. The third kappa shape index (κ3) is 6.38. The number of hydrogen-bond donors (Lipinski definition) is 1. The summed E-state index contributed by atoms with van der Waals surface area (Å²) in [5.74, 6) is 2.45. The van der Waals surface area contributed by atoms with Crippen molar-refractivity contribution in [3.05, 3.63) is 89.5 Å². The average Bonchev–Trinajstić information content (AvgIpc) is 2.93. The Balaban J connectivity index is 1.46. The summed E-state index contributed by atoms with van der Waals surface area (Å²) in [6.45, 7) is 1.99. The van der Waals surface area contributed by atoms with Gasteiger partial charge < -0.3 is 19.5 Å². The molecule has 1 N–H and O–H groups in total. The largest absolute Gasteiger partial charge is 0.497 e. The molecular weight excluding hydrogens is 452 g/mol. The van der Waals surface area contributed by atoms with E-state index in [1.807, 2.05) is 48.5 Å². The summed E-state index contributed by atoms with van der Waals surface area (Å²) >= 11 is 0. The van der Waals surface area contributed by atoms with E-state index in [9.17, 15) is 4.79 Å². The molecule has 0 spiro atoms. The SMILES string of the molecule is COc1cc(CN2C[C@@H](C(=O)NCCc3ccccc3OC)CC[C@H]2c2ccccc2)cc(OC)c1. The number of hydrogen-bond acceptors (Lipinski definition) is 5. The Morgan fingerprint density at radius 1 is 0.889 bits per heavy atom. The van der Waals surface area contributed by atoms with Crippen molar-refractivity contribution in [1.29, 1.82) is 0 Å². The number of ether oxygens (including phenoxy) is 3. The Morgan fingerprint density at radius 3 is 2.28 bits per heavy atom. The van der Waals surface area contributed by atoms with Gasteiger partial charge in [0.1, 0.15) is 17.2 Å². The maximum absolute atomic E-state index is 13.2. The molecule has 3 aromatic rings. The zero-order chi connectivity index (χ0) is 25.3. The van der Waals surface area contributed by atoms with Gasteiger partial charge in [-0.25, -0.2) is 0 Å². The van der Waals surface area contributed by atoms with Gasteiger partial charge in [0.2, 0.25) is 5.91 Å². The van der Waals surface area contributed by atoms with E-state index in [-0.39, 0.29) is 17.9 Å².